The number of benzene rings is 3. The zero-order valence-corrected chi connectivity index (χ0v) is 24.9. The Kier molecular flexibility index (Phi) is 11.8. The molecule has 0 unspecified atom stereocenters. The van der Waals surface area contributed by atoms with Crippen molar-refractivity contribution in [3.05, 3.63) is 110 Å². The van der Waals surface area contributed by atoms with E-state index in [0.29, 0.717) is 22.3 Å². The van der Waals surface area contributed by atoms with Gasteiger partial charge in [0.05, 0.1) is 11.5 Å². The number of ketones is 1. The quantitative estimate of drug-likeness (QED) is 0.0275. The molecule has 0 heterocycles. The minimum Gasteiger partial charge on any atom is -0.480 e. The summed E-state index contributed by atoms with van der Waals surface area (Å²) >= 11 is 0. The summed E-state index contributed by atoms with van der Waals surface area (Å²) in [5, 5.41) is 28.4. The molecule has 2 amide bonds. The van der Waals surface area contributed by atoms with Crippen LogP contribution in [0, 0.1) is 10.1 Å². The maximum atomic E-state index is 13.2. The SMILES string of the molecule is CC(=O)c1ccc(C(=O)NCCNS(=O)(=O)c2ccccc2[N+](=O)[O-])c(-c2cccc(/C=C/C(=O)N[C@@H](CN=[N+]=[N-])C(=O)O)c2)c1. The number of nitrogens with zero attached hydrogens (tertiary/aromatic N) is 4. The van der Waals surface area contributed by atoms with Gasteiger partial charge in [0.25, 0.3) is 11.6 Å². The van der Waals surface area contributed by atoms with Gasteiger partial charge in [-0.25, -0.2) is 17.9 Å². The van der Waals surface area contributed by atoms with Gasteiger partial charge in [0.15, 0.2) is 10.7 Å². The number of sulfonamides is 1. The van der Waals surface area contributed by atoms with Gasteiger partial charge in [0, 0.05) is 41.3 Å². The van der Waals surface area contributed by atoms with Crippen LogP contribution in [0.15, 0.2) is 82.8 Å². The monoisotopic (exact) mass is 649 g/mol. The molecule has 46 heavy (non-hydrogen) atoms. The summed E-state index contributed by atoms with van der Waals surface area (Å²) < 4.78 is 27.5. The molecule has 0 fully saturated rings. The first-order chi connectivity index (χ1) is 21.8. The van der Waals surface area contributed by atoms with E-state index in [4.69, 9.17) is 5.53 Å². The van der Waals surface area contributed by atoms with Crippen molar-refractivity contribution < 1.29 is 37.6 Å². The highest BCUT2D eigenvalue weighted by molar-refractivity contribution is 7.89. The molecule has 0 aliphatic rings. The van der Waals surface area contributed by atoms with Crippen LogP contribution in [0.5, 0.6) is 0 Å². The molecule has 0 aromatic heterocycles. The molecule has 1 atom stereocenters. The van der Waals surface area contributed by atoms with Crippen LogP contribution in [0.4, 0.5) is 5.69 Å². The summed E-state index contributed by atoms with van der Waals surface area (Å²) in [6, 6.07) is 14.4. The highest BCUT2D eigenvalue weighted by Crippen LogP contribution is 2.27. The number of rotatable bonds is 15. The standard InChI is InChI=1S/C29H27N7O9S/c1-18(37)20-10-11-22(28(39)31-13-14-33-46(44,45)26-8-3-2-7-25(26)36(42)43)23(16-20)21-6-4-5-19(15-21)9-12-27(38)34-24(29(40)41)17-32-35-30/h2-12,15-16,24,33H,13-14,17H2,1H3,(H,31,39)(H,34,38)(H,40,41)/b12-9+/t24-/m0/s1. The molecule has 0 radical (unpaired) electrons. The highest BCUT2D eigenvalue weighted by atomic mass is 32.2. The van der Waals surface area contributed by atoms with Crippen LogP contribution in [-0.2, 0) is 19.6 Å². The van der Waals surface area contributed by atoms with Crippen molar-refractivity contribution in [2.45, 2.75) is 17.9 Å². The van der Waals surface area contributed by atoms with Gasteiger partial charge in [-0.1, -0.05) is 41.5 Å². The molecule has 16 nitrogen and oxygen atoms in total. The number of nitro benzene ring substituents is 1. The first-order valence-electron chi connectivity index (χ1n) is 13.3. The van der Waals surface area contributed by atoms with Crippen molar-refractivity contribution >= 4 is 45.4 Å². The third-order valence-corrected chi connectivity index (χ3v) is 7.80. The lowest BCUT2D eigenvalue weighted by atomic mass is 9.94. The number of carboxylic acids is 1. The number of hydrogen-bond donors (Lipinski definition) is 4. The first kappa shape index (κ1) is 34.6. The number of hydrogen-bond acceptors (Lipinski definition) is 9. The Morgan fingerprint density at radius 3 is 2.48 bits per heavy atom. The summed E-state index contributed by atoms with van der Waals surface area (Å²) in [7, 11) is -4.26. The minimum atomic E-state index is -4.26. The normalized spacial score (nSPS) is 11.7. The van der Waals surface area contributed by atoms with E-state index in [-0.39, 0.29) is 24.4 Å². The number of aliphatic carboxylic acids is 1. The number of carbonyl (C=O) groups is 4. The van der Waals surface area contributed by atoms with Gasteiger partial charge < -0.3 is 15.7 Å². The molecule has 3 aromatic carbocycles. The van der Waals surface area contributed by atoms with Gasteiger partial charge >= 0.3 is 5.97 Å². The number of carboxylic acid groups (broad SMARTS) is 1. The Balaban J connectivity index is 1.78. The molecule has 17 heteroatoms. The summed E-state index contributed by atoms with van der Waals surface area (Å²) in [4.78, 5) is 61.2. The predicted octanol–water partition coefficient (Wildman–Crippen LogP) is 3.07. The van der Waals surface area contributed by atoms with Crippen LogP contribution >= 0.6 is 0 Å². The average Bonchev–Trinajstić information content (AvgIpc) is 3.03. The van der Waals surface area contributed by atoms with Crippen molar-refractivity contribution in [3.8, 4) is 11.1 Å². The van der Waals surface area contributed by atoms with Gasteiger partial charge in [-0.15, -0.1) is 0 Å². The fraction of sp³-hybridized carbons (Fsp3) is 0.172. The highest BCUT2D eigenvalue weighted by Gasteiger charge is 2.25. The van der Waals surface area contributed by atoms with Gasteiger partial charge in [-0.05, 0) is 59.5 Å². The van der Waals surface area contributed by atoms with E-state index in [1.165, 1.54) is 43.3 Å². The Hall–Kier alpha value is -5.90. The number of nitro groups is 1. The number of azide groups is 1. The summed E-state index contributed by atoms with van der Waals surface area (Å²) in [6.07, 6.45) is 2.47. The van der Waals surface area contributed by atoms with Crippen molar-refractivity contribution in [3.63, 3.8) is 0 Å². The third-order valence-electron chi connectivity index (χ3n) is 6.29. The zero-order chi connectivity index (χ0) is 33.9. The number of para-hydroxylation sites is 1. The maximum absolute atomic E-state index is 13.2. The summed E-state index contributed by atoms with van der Waals surface area (Å²) in [5.74, 6) is -3.01. The lowest BCUT2D eigenvalue weighted by Crippen LogP contribution is -2.42. The lowest BCUT2D eigenvalue weighted by Gasteiger charge is -2.13. The van der Waals surface area contributed by atoms with Crippen LogP contribution in [0.3, 0.4) is 0 Å². The third kappa shape index (κ3) is 9.30. The van der Waals surface area contributed by atoms with Crippen molar-refractivity contribution in [1.29, 1.82) is 0 Å². The lowest BCUT2D eigenvalue weighted by molar-refractivity contribution is -0.387. The van der Waals surface area contributed by atoms with E-state index in [0.717, 1.165) is 18.2 Å². The Morgan fingerprint density at radius 1 is 1.07 bits per heavy atom. The summed E-state index contributed by atoms with van der Waals surface area (Å²) in [6.45, 7) is 0.405. The van der Waals surface area contributed by atoms with Gasteiger partial charge in [-0.3, -0.25) is 24.5 Å². The second-order valence-corrected chi connectivity index (χ2v) is 11.2. The fourth-order valence-corrected chi connectivity index (χ4v) is 5.28. The fourth-order valence-electron chi connectivity index (χ4n) is 4.07. The van der Waals surface area contributed by atoms with E-state index in [1.807, 2.05) is 0 Å². The molecule has 4 N–H and O–H groups in total. The Bertz CT molecular complexity index is 1870. The minimum absolute atomic E-state index is 0.146. The van der Waals surface area contributed by atoms with Crippen molar-refractivity contribution in [2.75, 3.05) is 19.6 Å². The molecule has 238 valence electrons. The van der Waals surface area contributed by atoms with Crippen molar-refractivity contribution in [2.24, 2.45) is 5.11 Å². The number of nitrogens with one attached hydrogen (secondary N) is 3. The van der Waals surface area contributed by atoms with Crippen LogP contribution < -0.4 is 15.4 Å². The van der Waals surface area contributed by atoms with Crippen molar-refractivity contribution in [1.82, 2.24) is 15.4 Å². The van der Waals surface area contributed by atoms with E-state index < -0.39 is 55.9 Å². The zero-order valence-electron chi connectivity index (χ0n) is 24.1. The van der Waals surface area contributed by atoms with Crippen LogP contribution in [0.2, 0.25) is 0 Å². The molecule has 0 saturated heterocycles. The van der Waals surface area contributed by atoms with Crippen LogP contribution in [0.1, 0.15) is 33.2 Å². The molecule has 3 aromatic rings. The molecular weight excluding hydrogens is 622 g/mol. The molecule has 0 spiro atoms. The molecule has 0 saturated carbocycles. The second kappa shape index (κ2) is 15.7. The molecular formula is C29H27N7O9S. The van der Waals surface area contributed by atoms with Gasteiger partial charge in [-0.2, -0.15) is 0 Å². The average molecular weight is 650 g/mol. The molecule has 0 bridgehead atoms. The molecule has 0 aliphatic heterocycles. The number of Topliss-reactive ketones (excluding diaryl/α,β-unsaturated/α-hetero) is 1. The maximum Gasteiger partial charge on any atom is 0.326 e. The van der Waals surface area contributed by atoms with Crippen LogP contribution in [0.25, 0.3) is 27.6 Å². The number of carbonyl (C=O) groups excluding carboxylic acids is 3. The summed E-state index contributed by atoms with van der Waals surface area (Å²) in [5.41, 5.74) is 9.58. The smallest absolute Gasteiger partial charge is 0.326 e. The topological polar surface area (TPSA) is 251 Å². The number of amides is 2. The van der Waals surface area contributed by atoms with E-state index in [9.17, 15) is 42.8 Å². The van der Waals surface area contributed by atoms with Gasteiger partial charge in [0.2, 0.25) is 15.9 Å². The second-order valence-electron chi connectivity index (χ2n) is 9.47. The Morgan fingerprint density at radius 2 is 1.80 bits per heavy atom. The molecule has 3 rings (SSSR count). The van der Waals surface area contributed by atoms with Gasteiger partial charge in [0.1, 0.15) is 6.04 Å². The van der Waals surface area contributed by atoms with Crippen LogP contribution in [-0.4, -0.2) is 67.7 Å². The molecule has 0 aliphatic carbocycles. The Labute approximate surface area is 262 Å². The predicted molar refractivity (Wildman–Crippen MR) is 165 cm³/mol. The van der Waals surface area contributed by atoms with E-state index in [1.54, 1.807) is 24.3 Å². The largest absolute Gasteiger partial charge is 0.480 e. The van der Waals surface area contributed by atoms with E-state index >= 15 is 0 Å². The van der Waals surface area contributed by atoms with E-state index in [2.05, 4.69) is 25.4 Å². The first-order valence-corrected chi connectivity index (χ1v) is 14.8.